The van der Waals surface area contributed by atoms with E-state index in [9.17, 15) is 4.79 Å². The van der Waals surface area contributed by atoms with Crippen LogP contribution in [-0.4, -0.2) is 34.7 Å². The van der Waals surface area contributed by atoms with Crippen LogP contribution in [0, 0.1) is 6.92 Å². The van der Waals surface area contributed by atoms with Crippen molar-refractivity contribution < 1.29 is 0 Å². The molecule has 3 heterocycles. The Hall–Kier alpha value is -3.85. The molecule has 5 rings (SSSR count). The maximum Gasteiger partial charge on any atom is 0.333 e. The number of imidazole rings is 1. The second-order valence-electron chi connectivity index (χ2n) is 8.36. The van der Waals surface area contributed by atoms with Gasteiger partial charge in [0.05, 0.1) is 17.9 Å². The van der Waals surface area contributed by atoms with E-state index in [1.807, 2.05) is 72.3 Å². The summed E-state index contributed by atoms with van der Waals surface area (Å²) in [6.45, 7) is 4.63. The number of nitrogens with zero attached hydrogens (tertiary/aromatic N) is 6. The van der Waals surface area contributed by atoms with Gasteiger partial charge in [-0.2, -0.15) is 0 Å². The van der Waals surface area contributed by atoms with Crippen LogP contribution in [0.5, 0.6) is 0 Å². The summed E-state index contributed by atoms with van der Waals surface area (Å²) in [5.74, 6) is 0.566. The molecule has 176 valence electrons. The summed E-state index contributed by atoms with van der Waals surface area (Å²) in [6.07, 6.45) is 5.50. The minimum atomic E-state index is -0.0441. The Morgan fingerprint density at radius 1 is 1.06 bits per heavy atom. The van der Waals surface area contributed by atoms with E-state index >= 15 is 0 Å². The molecule has 0 saturated carbocycles. The van der Waals surface area contributed by atoms with E-state index in [2.05, 4.69) is 48.5 Å². The molecule has 0 saturated heterocycles. The maximum atomic E-state index is 13.5. The van der Waals surface area contributed by atoms with Crippen LogP contribution in [0.3, 0.4) is 0 Å². The second kappa shape index (κ2) is 9.79. The highest BCUT2D eigenvalue weighted by Gasteiger charge is 2.16. The van der Waals surface area contributed by atoms with Crippen molar-refractivity contribution in [3.63, 3.8) is 0 Å². The van der Waals surface area contributed by atoms with Gasteiger partial charge in [-0.1, -0.05) is 49.7 Å². The normalized spacial score (nSPS) is 11.2. The molecule has 8 nitrogen and oxygen atoms in total. The van der Waals surface area contributed by atoms with Crippen molar-refractivity contribution in [2.24, 2.45) is 0 Å². The Labute approximate surface area is 210 Å². The smallest absolute Gasteiger partial charge is 0.292 e. The second-order valence-corrected chi connectivity index (χ2v) is 9.22. The van der Waals surface area contributed by atoms with Crippen LogP contribution in [0.2, 0.25) is 0 Å². The summed E-state index contributed by atoms with van der Waals surface area (Å²) < 4.78 is 4.52. The number of hydrogen-bond acceptors (Lipinski definition) is 5. The van der Waals surface area contributed by atoms with E-state index in [1.54, 1.807) is 10.8 Å². The van der Waals surface area contributed by atoms with Crippen molar-refractivity contribution in [1.29, 1.82) is 0 Å². The molecule has 3 aromatic heterocycles. The van der Waals surface area contributed by atoms with E-state index in [-0.39, 0.29) is 5.69 Å². The predicted octanol–water partition coefficient (Wildman–Crippen LogP) is 4.95. The molecule has 0 atom stereocenters. The third-order valence-corrected chi connectivity index (χ3v) is 6.61. The van der Waals surface area contributed by atoms with Gasteiger partial charge in [0, 0.05) is 33.7 Å². The van der Waals surface area contributed by atoms with Gasteiger partial charge in [0.1, 0.15) is 0 Å². The van der Waals surface area contributed by atoms with Gasteiger partial charge in [-0.3, -0.25) is 14.1 Å². The Morgan fingerprint density at radius 3 is 2.60 bits per heavy atom. The number of aromatic nitrogens is 7. The van der Waals surface area contributed by atoms with Gasteiger partial charge in [-0.25, -0.2) is 9.89 Å². The van der Waals surface area contributed by atoms with Gasteiger partial charge < -0.3 is 0 Å². The number of aryl methyl sites for hydroxylation is 2. The Kier molecular flexibility index (Phi) is 6.41. The zero-order valence-electron chi connectivity index (χ0n) is 19.4. The number of nitrogens with one attached hydrogen (secondary N) is 1. The summed E-state index contributed by atoms with van der Waals surface area (Å²) >= 11 is 3.62. The van der Waals surface area contributed by atoms with Gasteiger partial charge in [0.25, 0.3) is 0 Å². The third kappa shape index (κ3) is 4.46. The highest BCUT2D eigenvalue weighted by molar-refractivity contribution is 9.10. The number of rotatable bonds is 7. The van der Waals surface area contributed by atoms with Crippen molar-refractivity contribution >= 4 is 15.9 Å². The van der Waals surface area contributed by atoms with Gasteiger partial charge in [0.15, 0.2) is 5.82 Å². The van der Waals surface area contributed by atoms with Crippen molar-refractivity contribution in [1.82, 2.24) is 34.7 Å². The maximum absolute atomic E-state index is 13.5. The van der Waals surface area contributed by atoms with Gasteiger partial charge in [-0.05, 0) is 69.0 Å². The number of benzene rings is 2. The van der Waals surface area contributed by atoms with E-state index in [0.717, 1.165) is 56.6 Å². The average molecular weight is 530 g/mol. The van der Waals surface area contributed by atoms with Crippen LogP contribution in [0.4, 0.5) is 0 Å². The number of aromatic amines is 1. The van der Waals surface area contributed by atoms with Crippen molar-refractivity contribution in [3.05, 3.63) is 98.8 Å². The molecule has 0 radical (unpaired) electrons. The number of pyridine rings is 1. The Bertz CT molecular complexity index is 1500. The lowest BCUT2D eigenvalue weighted by atomic mass is 10.0. The molecule has 9 heteroatoms. The molecule has 0 aliphatic heterocycles. The fraction of sp³-hybridized carbons (Fsp3) is 0.192. The quantitative estimate of drug-likeness (QED) is 0.321. The van der Waals surface area contributed by atoms with Crippen LogP contribution in [0.1, 0.15) is 30.2 Å². The lowest BCUT2D eigenvalue weighted by Crippen LogP contribution is -2.25. The molecule has 5 aromatic rings. The summed E-state index contributed by atoms with van der Waals surface area (Å²) in [5.41, 5.74) is 6.49. The largest absolute Gasteiger partial charge is 0.333 e. The first kappa shape index (κ1) is 22.9. The van der Waals surface area contributed by atoms with Gasteiger partial charge in [-0.15, -0.1) is 5.10 Å². The first-order valence-electron chi connectivity index (χ1n) is 11.4. The molecule has 0 spiro atoms. The molecule has 0 unspecified atom stereocenters. The average Bonchev–Trinajstić information content (AvgIpc) is 3.50. The molecule has 2 aromatic carbocycles. The van der Waals surface area contributed by atoms with Gasteiger partial charge >= 0.3 is 5.69 Å². The van der Waals surface area contributed by atoms with E-state index < -0.39 is 0 Å². The van der Waals surface area contributed by atoms with Crippen molar-refractivity contribution in [2.45, 2.75) is 33.2 Å². The SMILES string of the molecule is CCCc1cn(-c2c(C)cccc2Br)c(=O)n1Cc1ccc(-c2ncccc2-c2nnn[nH]2)cc1. The van der Waals surface area contributed by atoms with Crippen LogP contribution >= 0.6 is 15.9 Å². The predicted molar refractivity (Wildman–Crippen MR) is 138 cm³/mol. The molecule has 0 amide bonds. The fourth-order valence-electron chi connectivity index (χ4n) is 4.29. The zero-order chi connectivity index (χ0) is 24.4. The van der Waals surface area contributed by atoms with Crippen LogP contribution in [0.25, 0.3) is 28.3 Å². The van der Waals surface area contributed by atoms with E-state index in [1.165, 1.54) is 0 Å². The monoisotopic (exact) mass is 529 g/mol. The summed E-state index contributed by atoms with van der Waals surface area (Å²) in [5, 5.41) is 14.2. The van der Waals surface area contributed by atoms with Crippen LogP contribution in [0.15, 0.2) is 76.3 Å². The molecule has 0 aliphatic rings. The topological polar surface area (TPSA) is 94.3 Å². The number of halogens is 1. The molecule has 0 fully saturated rings. The summed E-state index contributed by atoms with van der Waals surface area (Å²) in [4.78, 5) is 18.1. The summed E-state index contributed by atoms with van der Waals surface area (Å²) in [7, 11) is 0. The lowest BCUT2D eigenvalue weighted by molar-refractivity contribution is 0.691. The first-order chi connectivity index (χ1) is 17.1. The highest BCUT2D eigenvalue weighted by atomic mass is 79.9. The molecule has 1 N–H and O–H groups in total. The minimum Gasteiger partial charge on any atom is -0.292 e. The first-order valence-corrected chi connectivity index (χ1v) is 12.2. The lowest BCUT2D eigenvalue weighted by Gasteiger charge is -2.10. The standard InChI is InChI=1S/C26H24BrN7O/c1-3-6-20-16-34(24-17(2)7-4-9-22(24)27)26(35)33(20)15-18-10-12-19(13-11-18)23-21(8-5-14-28-23)25-29-31-32-30-25/h4-5,7-14,16H,3,6,15H2,1-2H3,(H,29,30,31,32). The Morgan fingerprint density at radius 2 is 1.89 bits per heavy atom. The molecule has 0 aliphatic carbocycles. The molecular weight excluding hydrogens is 506 g/mol. The third-order valence-electron chi connectivity index (χ3n) is 5.97. The highest BCUT2D eigenvalue weighted by Crippen LogP contribution is 2.28. The number of tetrazole rings is 1. The van der Waals surface area contributed by atoms with Crippen molar-refractivity contribution in [3.8, 4) is 28.3 Å². The van der Waals surface area contributed by atoms with Crippen LogP contribution < -0.4 is 5.69 Å². The minimum absolute atomic E-state index is 0.0441. The zero-order valence-corrected chi connectivity index (χ0v) is 21.0. The summed E-state index contributed by atoms with van der Waals surface area (Å²) in [6, 6.07) is 17.9. The number of para-hydroxylation sites is 1. The van der Waals surface area contributed by atoms with Gasteiger partial charge in [0.2, 0.25) is 0 Å². The Balaban J connectivity index is 1.49. The molecule has 35 heavy (non-hydrogen) atoms. The van der Waals surface area contributed by atoms with Crippen molar-refractivity contribution in [2.75, 3.05) is 0 Å². The van der Waals surface area contributed by atoms with E-state index in [4.69, 9.17) is 0 Å². The molecular formula is C26H24BrN7O. The fourth-order valence-corrected chi connectivity index (χ4v) is 4.95. The number of H-pyrrole nitrogens is 1. The van der Waals surface area contributed by atoms with Crippen LogP contribution in [-0.2, 0) is 13.0 Å². The molecule has 0 bridgehead atoms. The van der Waals surface area contributed by atoms with E-state index in [0.29, 0.717) is 12.4 Å². The number of hydrogen-bond donors (Lipinski definition) is 1.